The molecule has 3 heteroatoms. The summed E-state index contributed by atoms with van der Waals surface area (Å²) in [5.74, 6) is -0.241. The summed E-state index contributed by atoms with van der Waals surface area (Å²) in [4.78, 5) is 2.26. The quantitative estimate of drug-likeness (QED) is 0.890. The van der Waals surface area contributed by atoms with E-state index in [0.29, 0.717) is 6.04 Å². The van der Waals surface area contributed by atoms with Crippen LogP contribution in [0.25, 0.3) is 0 Å². The number of anilines is 1. The summed E-state index contributed by atoms with van der Waals surface area (Å²) in [6.07, 6.45) is 0. The first kappa shape index (κ1) is 15.5. The zero-order chi connectivity index (χ0) is 15.4. The molecule has 2 nitrogen and oxygen atoms in total. The van der Waals surface area contributed by atoms with E-state index in [-0.39, 0.29) is 11.9 Å². The van der Waals surface area contributed by atoms with Crippen LogP contribution in [-0.2, 0) is 6.54 Å². The third-order valence-corrected chi connectivity index (χ3v) is 3.61. The van der Waals surface area contributed by atoms with Crippen LogP contribution < -0.4 is 10.6 Å². The molecular formula is C18H23FN2. The molecule has 0 aliphatic rings. The van der Waals surface area contributed by atoms with E-state index in [4.69, 9.17) is 5.73 Å². The lowest BCUT2D eigenvalue weighted by molar-refractivity contribution is 0.617. The number of nitrogens with two attached hydrogens (primary N) is 1. The monoisotopic (exact) mass is 286 g/mol. The van der Waals surface area contributed by atoms with Crippen LogP contribution in [0.2, 0.25) is 0 Å². The summed E-state index contributed by atoms with van der Waals surface area (Å²) in [5, 5.41) is 0. The van der Waals surface area contributed by atoms with Crippen molar-refractivity contribution in [1.82, 2.24) is 0 Å². The van der Waals surface area contributed by atoms with Crippen LogP contribution >= 0.6 is 0 Å². The predicted octanol–water partition coefficient (Wildman–Crippen LogP) is 4.26. The average Bonchev–Trinajstić information content (AvgIpc) is 2.46. The summed E-state index contributed by atoms with van der Waals surface area (Å²) in [5.41, 5.74) is 9.10. The standard InChI is InChI=1S/C18H23FN2/c1-13(2)21(12-15-7-5-4-6-8-15)18-10-9-16(19)11-17(18)14(3)20/h4-11,13-14H,12,20H2,1-3H3/t14-/m0/s1. The maximum atomic E-state index is 13.5. The fraction of sp³-hybridized carbons (Fsp3) is 0.333. The molecule has 2 rings (SSSR count). The maximum Gasteiger partial charge on any atom is 0.123 e. The van der Waals surface area contributed by atoms with Gasteiger partial charge in [0.05, 0.1) is 0 Å². The van der Waals surface area contributed by atoms with Gasteiger partial charge in [-0.1, -0.05) is 30.3 Å². The van der Waals surface area contributed by atoms with Gasteiger partial charge in [-0.15, -0.1) is 0 Å². The van der Waals surface area contributed by atoms with Gasteiger partial charge in [-0.3, -0.25) is 0 Å². The summed E-state index contributed by atoms with van der Waals surface area (Å²) >= 11 is 0. The molecule has 0 bridgehead atoms. The minimum absolute atomic E-state index is 0.201. The fourth-order valence-corrected chi connectivity index (χ4v) is 2.48. The van der Waals surface area contributed by atoms with Crippen molar-refractivity contribution in [2.24, 2.45) is 5.73 Å². The van der Waals surface area contributed by atoms with Crippen molar-refractivity contribution in [3.63, 3.8) is 0 Å². The number of hydrogen-bond acceptors (Lipinski definition) is 2. The summed E-state index contributed by atoms with van der Waals surface area (Å²) < 4.78 is 13.5. The van der Waals surface area contributed by atoms with E-state index < -0.39 is 0 Å². The van der Waals surface area contributed by atoms with Gasteiger partial charge in [0.25, 0.3) is 0 Å². The van der Waals surface area contributed by atoms with Gasteiger partial charge in [0, 0.05) is 24.3 Å². The lowest BCUT2D eigenvalue weighted by Gasteiger charge is -2.32. The van der Waals surface area contributed by atoms with Gasteiger partial charge < -0.3 is 10.6 Å². The van der Waals surface area contributed by atoms with E-state index >= 15 is 0 Å². The molecule has 112 valence electrons. The second-order valence-electron chi connectivity index (χ2n) is 5.70. The van der Waals surface area contributed by atoms with Crippen molar-refractivity contribution in [2.45, 2.75) is 39.4 Å². The fourth-order valence-electron chi connectivity index (χ4n) is 2.48. The van der Waals surface area contributed by atoms with Crippen molar-refractivity contribution in [3.05, 3.63) is 65.5 Å². The molecule has 21 heavy (non-hydrogen) atoms. The molecule has 0 spiro atoms. The lowest BCUT2D eigenvalue weighted by Crippen LogP contribution is -2.31. The molecular weight excluding hydrogens is 263 g/mol. The molecule has 0 saturated heterocycles. The highest BCUT2D eigenvalue weighted by atomic mass is 19.1. The summed E-state index contributed by atoms with van der Waals surface area (Å²) in [6.45, 7) is 6.94. The predicted molar refractivity (Wildman–Crippen MR) is 86.8 cm³/mol. The minimum Gasteiger partial charge on any atom is -0.365 e. The highest BCUT2D eigenvalue weighted by molar-refractivity contribution is 5.56. The molecule has 0 aromatic heterocycles. The second kappa shape index (κ2) is 6.72. The molecule has 0 fully saturated rings. The Kier molecular flexibility index (Phi) is 4.97. The molecule has 0 radical (unpaired) electrons. The SMILES string of the molecule is CC(C)N(Cc1ccccc1)c1ccc(F)cc1[C@H](C)N. The molecule has 0 saturated carbocycles. The van der Waals surface area contributed by atoms with Crippen LogP contribution in [0.1, 0.15) is 37.9 Å². The van der Waals surface area contributed by atoms with E-state index in [9.17, 15) is 4.39 Å². The second-order valence-corrected chi connectivity index (χ2v) is 5.70. The average molecular weight is 286 g/mol. The van der Waals surface area contributed by atoms with Gasteiger partial charge in [-0.05, 0) is 50.1 Å². The normalized spacial score (nSPS) is 12.5. The first-order valence-corrected chi connectivity index (χ1v) is 7.34. The number of rotatable bonds is 5. The van der Waals surface area contributed by atoms with Crippen molar-refractivity contribution < 1.29 is 4.39 Å². The Morgan fingerprint density at radius 2 is 1.71 bits per heavy atom. The van der Waals surface area contributed by atoms with Crippen molar-refractivity contribution in [3.8, 4) is 0 Å². The molecule has 0 aliphatic carbocycles. The van der Waals surface area contributed by atoms with Gasteiger partial charge in [0.2, 0.25) is 0 Å². The topological polar surface area (TPSA) is 29.3 Å². The molecule has 2 N–H and O–H groups in total. The van der Waals surface area contributed by atoms with E-state index in [1.807, 2.05) is 31.2 Å². The molecule has 0 aliphatic heterocycles. The van der Waals surface area contributed by atoms with Gasteiger partial charge in [-0.25, -0.2) is 4.39 Å². The smallest absolute Gasteiger partial charge is 0.123 e. The van der Waals surface area contributed by atoms with Crippen molar-refractivity contribution >= 4 is 5.69 Å². The largest absolute Gasteiger partial charge is 0.365 e. The van der Waals surface area contributed by atoms with Crippen LogP contribution in [0.15, 0.2) is 48.5 Å². The lowest BCUT2D eigenvalue weighted by atomic mass is 10.0. The molecule has 1 atom stereocenters. The molecule has 2 aromatic rings. The number of hydrogen-bond donors (Lipinski definition) is 1. The van der Waals surface area contributed by atoms with Gasteiger partial charge in [-0.2, -0.15) is 0 Å². The highest BCUT2D eigenvalue weighted by Crippen LogP contribution is 2.29. The third-order valence-electron chi connectivity index (χ3n) is 3.61. The summed E-state index contributed by atoms with van der Waals surface area (Å²) in [7, 11) is 0. The first-order valence-electron chi connectivity index (χ1n) is 7.34. The van der Waals surface area contributed by atoms with E-state index in [1.54, 1.807) is 6.07 Å². The maximum absolute atomic E-state index is 13.5. The Labute approximate surface area is 126 Å². The zero-order valence-electron chi connectivity index (χ0n) is 12.9. The molecule has 0 amide bonds. The number of nitrogens with zero attached hydrogens (tertiary/aromatic N) is 1. The Morgan fingerprint density at radius 1 is 1.05 bits per heavy atom. The Hall–Kier alpha value is -1.87. The van der Waals surface area contributed by atoms with E-state index in [2.05, 4.69) is 30.9 Å². The minimum atomic E-state index is -0.241. The Morgan fingerprint density at radius 3 is 2.29 bits per heavy atom. The van der Waals surface area contributed by atoms with Crippen LogP contribution in [0.3, 0.4) is 0 Å². The van der Waals surface area contributed by atoms with Crippen molar-refractivity contribution in [2.75, 3.05) is 4.90 Å². The molecule has 0 heterocycles. The zero-order valence-corrected chi connectivity index (χ0v) is 12.9. The van der Waals surface area contributed by atoms with E-state index in [1.165, 1.54) is 11.6 Å². The van der Waals surface area contributed by atoms with Crippen LogP contribution in [0.4, 0.5) is 10.1 Å². The van der Waals surface area contributed by atoms with Crippen molar-refractivity contribution in [1.29, 1.82) is 0 Å². The molecule has 2 aromatic carbocycles. The third kappa shape index (κ3) is 3.82. The van der Waals surface area contributed by atoms with Crippen LogP contribution in [-0.4, -0.2) is 6.04 Å². The number of halogens is 1. The van der Waals surface area contributed by atoms with Crippen LogP contribution in [0.5, 0.6) is 0 Å². The summed E-state index contributed by atoms with van der Waals surface area (Å²) in [6, 6.07) is 15.2. The number of benzene rings is 2. The van der Waals surface area contributed by atoms with Gasteiger partial charge >= 0.3 is 0 Å². The van der Waals surface area contributed by atoms with Gasteiger partial charge in [0.1, 0.15) is 5.82 Å². The Balaban J connectivity index is 2.39. The molecule has 0 unspecified atom stereocenters. The van der Waals surface area contributed by atoms with Crippen LogP contribution in [0, 0.1) is 5.82 Å². The Bertz CT molecular complexity index is 579. The first-order chi connectivity index (χ1) is 9.99. The highest BCUT2D eigenvalue weighted by Gasteiger charge is 2.17. The van der Waals surface area contributed by atoms with Gasteiger partial charge in [0.15, 0.2) is 0 Å². The van der Waals surface area contributed by atoms with E-state index in [0.717, 1.165) is 17.8 Å².